The molecule has 26 heavy (non-hydrogen) atoms. The minimum Gasteiger partial charge on any atom is -0.227 e. The van der Waals surface area contributed by atoms with Gasteiger partial charge in [0.1, 0.15) is 0 Å². The van der Waals surface area contributed by atoms with Gasteiger partial charge in [0.25, 0.3) is 0 Å². The molecule has 0 bridgehead atoms. The highest BCUT2D eigenvalue weighted by molar-refractivity contribution is 7.91. The number of imidazole rings is 1. The van der Waals surface area contributed by atoms with Gasteiger partial charge in [-0.1, -0.05) is 54.1 Å². The fourth-order valence-electron chi connectivity index (χ4n) is 3.39. The monoisotopic (exact) mass is 382 g/mol. The Balaban J connectivity index is 1.91. The molecule has 1 aromatic heterocycles. The van der Waals surface area contributed by atoms with Crippen LogP contribution in [0.1, 0.15) is 12.8 Å². The van der Waals surface area contributed by atoms with E-state index in [0.717, 1.165) is 16.3 Å². The molecule has 0 aliphatic heterocycles. The zero-order valence-corrected chi connectivity index (χ0v) is 15.3. The minimum absolute atomic E-state index is 0.340. The summed E-state index contributed by atoms with van der Waals surface area (Å²) < 4.78 is 27.8. The van der Waals surface area contributed by atoms with Crippen molar-refractivity contribution < 1.29 is 8.42 Å². The van der Waals surface area contributed by atoms with Gasteiger partial charge in [-0.2, -0.15) is 0 Å². The van der Waals surface area contributed by atoms with Crippen LogP contribution >= 0.6 is 11.6 Å². The molecule has 4 aromatic rings. The van der Waals surface area contributed by atoms with Crippen molar-refractivity contribution in [1.82, 2.24) is 8.96 Å². The molecule has 1 aliphatic carbocycles. The van der Waals surface area contributed by atoms with Crippen LogP contribution in [0.4, 0.5) is 0 Å². The Bertz CT molecular complexity index is 1270. The Kier molecular flexibility index (Phi) is 3.39. The number of aromatic nitrogens is 2. The SMILES string of the molecule is O=S(=O)(C1CC1)n1c(-c2cccc3ccccc23)nc2ccc(Cl)cc21. The van der Waals surface area contributed by atoms with Crippen LogP contribution in [0.2, 0.25) is 5.02 Å². The number of fused-ring (bicyclic) bond motifs is 2. The summed E-state index contributed by atoms with van der Waals surface area (Å²) in [7, 11) is -3.52. The molecule has 3 aromatic carbocycles. The summed E-state index contributed by atoms with van der Waals surface area (Å²) in [6, 6.07) is 19.0. The Morgan fingerprint density at radius 2 is 1.77 bits per heavy atom. The third-order valence-corrected chi connectivity index (χ3v) is 7.23. The molecule has 0 radical (unpaired) electrons. The summed E-state index contributed by atoms with van der Waals surface area (Å²) in [5.41, 5.74) is 1.97. The molecule has 0 N–H and O–H groups in total. The van der Waals surface area contributed by atoms with Crippen molar-refractivity contribution in [2.24, 2.45) is 0 Å². The predicted molar refractivity (Wildman–Crippen MR) is 105 cm³/mol. The largest absolute Gasteiger partial charge is 0.243 e. The lowest BCUT2D eigenvalue weighted by atomic mass is 10.0. The molecule has 1 aliphatic rings. The van der Waals surface area contributed by atoms with Crippen LogP contribution in [0.25, 0.3) is 33.2 Å². The summed E-state index contributed by atoms with van der Waals surface area (Å²) in [5, 5.41) is 2.18. The topological polar surface area (TPSA) is 52.0 Å². The average Bonchev–Trinajstić information content (AvgIpc) is 3.43. The van der Waals surface area contributed by atoms with E-state index in [2.05, 4.69) is 4.98 Å². The third kappa shape index (κ3) is 2.35. The van der Waals surface area contributed by atoms with Gasteiger partial charge < -0.3 is 0 Å². The summed E-state index contributed by atoms with van der Waals surface area (Å²) >= 11 is 6.15. The molecule has 0 saturated heterocycles. The summed E-state index contributed by atoms with van der Waals surface area (Å²) in [6.07, 6.45) is 1.38. The summed E-state index contributed by atoms with van der Waals surface area (Å²) in [4.78, 5) is 4.68. The number of halogens is 1. The molecular weight excluding hydrogens is 368 g/mol. The van der Waals surface area contributed by atoms with Gasteiger partial charge >= 0.3 is 0 Å². The van der Waals surface area contributed by atoms with Crippen molar-refractivity contribution in [2.75, 3.05) is 0 Å². The first-order chi connectivity index (χ1) is 12.6. The van der Waals surface area contributed by atoms with Crippen LogP contribution in [-0.2, 0) is 10.0 Å². The first kappa shape index (κ1) is 15.9. The number of hydrogen-bond donors (Lipinski definition) is 0. The lowest BCUT2D eigenvalue weighted by Crippen LogP contribution is -2.18. The van der Waals surface area contributed by atoms with E-state index < -0.39 is 10.0 Å². The van der Waals surface area contributed by atoms with Crippen LogP contribution in [0.5, 0.6) is 0 Å². The van der Waals surface area contributed by atoms with E-state index >= 15 is 0 Å². The maximum absolute atomic E-state index is 13.2. The first-order valence-corrected chi connectivity index (χ1v) is 10.3. The van der Waals surface area contributed by atoms with Gasteiger partial charge in [0.2, 0.25) is 10.0 Å². The molecule has 0 atom stereocenters. The van der Waals surface area contributed by atoms with Gasteiger partial charge in [-0.3, -0.25) is 0 Å². The van der Waals surface area contributed by atoms with Crippen molar-refractivity contribution in [1.29, 1.82) is 0 Å². The molecule has 6 heteroatoms. The molecule has 1 fully saturated rings. The van der Waals surface area contributed by atoms with Crippen molar-refractivity contribution in [3.8, 4) is 11.4 Å². The van der Waals surface area contributed by atoms with Gasteiger partial charge in [0.05, 0.1) is 16.3 Å². The second-order valence-electron chi connectivity index (χ2n) is 6.60. The van der Waals surface area contributed by atoms with E-state index in [1.165, 1.54) is 3.97 Å². The maximum Gasteiger partial charge on any atom is 0.243 e. The number of rotatable bonds is 3. The average molecular weight is 383 g/mol. The molecule has 5 rings (SSSR count). The molecule has 0 amide bonds. The van der Waals surface area contributed by atoms with Crippen LogP contribution in [-0.4, -0.2) is 22.6 Å². The number of hydrogen-bond acceptors (Lipinski definition) is 3. The Hall–Kier alpha value is -2.37. The lowest BCUT2D eigenvalue weighted by Gasteiger charge is -2.11. The number of nitrogens with zero attached hydrogens (tertiary/aromatic N) is 2. The van der Waals surface area contributed by atoms with Gasteiger partial charge in [-0.15, -0.1) is 0 Å². The maximum atomic E-state index is 13.2. The van der Waals surface area contributed by atoms with E-state index in [0.29, 0.717) is 34.7 Å². The molecule has 0 unspecified atom stereocenters. The summed E-state index contributed by atoms with van der Waals surface area (Å²) in [6.45, 7) is 0. The highest BCUT2D eigenvalue weighted by atomic mass is 35.5. The van der Waals surface area contributed by atoms with Crippen molar-refractivity contribution in [2.45, 2.75) is 18.1 Å². The smallest absolute Gasteiger partial charge is 0.227 e. The van der Waals surface area contributed by atoms with Crippen LogP contribution < -0.4 is 0 Å². The minimum atomic E-state index is -3.52. The van der Waals surface area contributed by atoms with Crippen molar-refractivity contribution >= 4 is 43.4 Å². The zero-order valence-electron chi connectivity index (χ0n) is 13.8. The van der Waals surface area contributed by atoms with E-state index in [9.17, 15) is 8.42 Å². The van der Waals surface area contributed by atoms with E-state index in [4.69, 9.17) is 11.6 Å². The normalized spacial score (nSPS) is 15.0. The van der Waals surface area contributed by atoms with Gasteiger partial charge in [0.15, 0.2) is 5.82 Å². The molecular formula is C20H15ClN2O2S. The second kappa shape index (κ2) is 5.56. The fourth-order valence-corrected chi connectivity index (χ4v) is 5.39. The van der Waals surface area contributed by atoms with Crippen LogP contribution in [0.15, 0.2) is 60.7 Å². The Morgan fingerprint density at radius 3 is 2.58 bits per heavy atom. The quantitative estimate of drug-likeness (QED) is 0.509. The standard InChI is InChI=1S/C20H15ClN2O2S/c21-14-8-11-18-19(12-14)23(26(24,25)15-9-10-15)20(22-18)17-7-3-5-13-4-1-2-6-16(13)17/h1-8,11-12,15H,9-10H2. The van der Waals surface area contributed by atoms with Gasteiger partial charge in [0, 0.05) is 10.6 Å². The van der Waals surface area contributed by atoms with E-state index in [1.807, 2.05) is 42.5 Å². The van der Waals surface area contributed by atoms with Crippen molar-refractivity contribution in [3.05, 3.63) is 65.7 Å². The molecule has 130 valence electrons. The van der Waals surface area contributed by atoms with Gasteiger partial charge in [-0.25, -0.2) is 17.4 Å². The highest BCUT2D eigenvalue weighted by Crippen LogP contribution is 2.37. The fraction of sp³-hybridized carbons (Fsp3) is 0.150. The van der Waals surface area contributed by atoms with E-state index in [-0.39, 0.29) is 5.25 Å². The molecule has 1 saturated carbocycles. The van der Waals surface area contributed by atoms with Gasteiger partial charge in [-0.05, 0) is 41.8 Å². The zero-order chi connectivity index (χ0) is 17.9. The van der Waals surface area contributed by atoms with Crippen LogP contribution in [0, 0.1) is 0 Å². The van der Waals surface area contributed by atoms with Crippen LogP contribution in [0.3, 0.4) is 0 Å². The third-order valence-electron chi connectivity index (χ3n) is 4.81. The number of benzene rings is 3. The predicted octanol–water partition coefficient (Wildman–Crippen LogP) is 4.85. The second-order valence-corrected chi connectivity index (χ2v) is 9.10. The lowest BCUT2D eigenvalue weighted by molar-refractivity contribution is 0.588. The molecule has 0 spiro atoms. The summed E-state index contributed by atoms with van der Waals surface area (Å²) in [5.74, 6) is 0.450. The highest BCUT2D eigenvalue weighted by Gasteiger charge is 2.39. The Morgan fingerprint density at radius 1 is 1.00 bits per heavy atom. The molecule has 4 nitrogen and oxygen atoms in total. The Labute approximate surface area is 156 Å². The first-order valence-electron chi connectivity index (χ1n) is 8.46. The molecule has 1 heterocycles. The van der Waals surface area contributed by atoms with E-state index in [1.54, 1.807) is 18.2 Å². The van der Waals surface area contributed by atoms with Crippen molar-refractivity contribution in [3.63, 3.8) is 0 Å².